The zero-order chi connectivity index (χ0) is 22.1. The number of aromatic nitrogens is 5. The van der Waals surface area contributed by atoms with Gasteiger partial charge in [-0.3, -0.25) is 4.79 Å². The Labute approximate surface area is 182 Å². The topological polar surface area (TPSA) is 104 Å². The summed E-state index contributed by atoms with van der Waals surface area (Å²) < 4.78 is 12.4. The molecular weight excluding hydrogens is 408 g/mol. The van der Waals surface area contributed by atoms with Crippen LogP contribution in [0.25, 0.3) is 27.9 Å². The van der Waals surface area contributed by atoms with Crippen molar-refractivity contribution in [3.05, 3.63) is 77.2 Å². The summed E-state index contributed by atoms with van der Waals surface area (Å²) in [4.78, 5) is 25.6. The van der Waals surface area contributed by atoms with Crippen LogP contribution in [0.5, 0.6) is 11.5 Å². The van der Waals surface area contributed by atoms with Crippen LogP contribution in [0.15, 0.2) is 71.7 Å². The lowest BCUT2D eigenvalue weighted by atomic mass is 10.2. The number of methoxy groups -OCH3 is 2. The SMILES string of the molecule is COc1ccc(-c2nc3c4c(OC)cccc4nc(Nc4ccccnc4=O)n3n2)cc1. The lowest BCUT2D eigenvalue weighted by Crippen LogP contribution is -2.11. The fourth-order valence-corrected chi connectivity index (χ4v) is 3.40. The van der Waals surface area contributed by atoms with Crippen molar-refractivity contribution in [1.29, 1.82) is 0 Å². The molecule has 9 nitrogen and oxygen atoms in total. The van der Waals surface area contributed by atoms with Gasteiger partial charge in [0.25, 0.3) is 5.56 Å². The number of nitrogens with zero attached hydrogens (tertiary/aromatic N) is 5. The van der Waals surface area contributed by atoms with E-state index >= 15 is 0 Å². The third-order valence-corrected chi connectivity index (χ3v) is 4.96. The van der Waals surface area contributed by atoms with E-state index in [0.717, 1.165) is 11.3 Å². The number of benzene rings is 2. The van der Waals surface area contributed by atoms with Gasteiger partial charge in [-0.25, -0.2) is 15.0 Å². The second-order valence-electron chi connectivity index (χ2n) is 6.86. The minimum absolute atomic E-state index is 0.271. The summed E-state index contributed by atoms with van der Waals surface area (Å²) in [6.45, 7) is 0. The smallest absolute Gasteiger partial charge is 0.293 e. The third kappa shape index (κ3) is 3.35. The van der Waals surface area contributed by atoms with Crippen molar-refractivity contribution in [1.82, 2.24) is 24.6 Å². The van der Waals surface area contributed by atoms with Crippen LogP contribution in [-0.2, 0) is 0 Å². The molecule has 5 aromatic rings. The van der Waals surface area contributed by atoms with Gasteiger partial charge in [0, 0.05) is 11.8 Å². The van der Waals surface area contributed by atoms with Gasteiger partial charge in [0.05, 0.1) is 25.1 Å². The Kier molecular flexibility index (Phi) is 4.83. The number of nitrogens with one attached hydrogen (secondary N) is 1. The van der Waals surface area contributed by atoms with E-state index < -0.39 is 5.56 Å². The molecule has 32 heavy (non-hydrogen) atoms. The van der Waals surface area contributed by atoms with Crippen molar-refractivity contribution in [3.8, 4) is 22.9 Å². The van der Waals surface area contributed by atoms with E-state index in [1.54, 1.807) is 36.9 Å². The highest BCUT2D eigenvalue weighted by Crippen LogP contribution is 2.31. The first-order valence-corrected chi connectivity index (χ1v) is 9.78. The highest BCUT2D eigenvalue weighted by atomic mass is 16.5. The second kappa shape index (κ2) is 7.95. The minimum atomic E-state index is -0.411. The fraction of sp³-hybridized carbons (Fsp3) is 0.0870. The first kappa shape index (κ1) is 19.4. The number of fused-ring (bicyclic) bond motifs is 3. The zero-order valence-electron chi connectivity index (χ0n) is 17.3. The number of hydrogen-bond donors (Lipinski definition) is 1. The molecule has 0 atom stereocenters. The summed E-state index contributed by atoms with van der Waals surface area (Å²) in [6.07, 6.45) is 1.44. The molecule has 9 heteroatoms. The van der Waals surface area contributed by atoms with Gasteiger partial charge in [-0.2, -0.15) is 4.52 Å². The standard InChI is InChI=1S/C23H18N6O3/c1-31-15-11-9-14(10-12-15)20-27-21-19-16(7-5-8-18(19)32-2)25-23(29(21)28-20)26-17-6-3-4-13-24-22(17)30/h3-13H,1-2H3,(H,24,25,26,30). The van der Waals surface area contributed by atoms with Crippen molar-refractivity contribution >= 4 is 28.2 Å². The summed E-state index contributed by atoms with van der Waals surface area (Å²) in [5.41, 5.74) is 1.86. The fourth-order valence-electron chi connectivity index (χ4n) is 3.40. The molecule has 0 aliphatic carbocycles. The maximum atomic E-state index is 12.3. The van der Waals surface area contributed by atoms with Crippen LogP contribution in [0.4, 0.5) is 11.6 Å². The monoisotopic (exact) mass is 426 g/mol. The van der Waals surface area contributed by atoms with E-state index in [4.69, 9.17) is 14.5 Å². The summed E-state index contributed by atoms with van der Waals surface area (Å²) >= 11 is 0. The van der Waals surface area contributed by atoms with E-state index in [9.17, 15) is 4.79 Å². The summed E-state index contributed by atoms with van der Waals surface area (Å²) in [7, 11) is 3.21. The number of hydrogen-bond acceptors (Lipinski definition) is 8. The highest BCUT2D eigenvalue weighted by molar-refractivity contribution is 5.98. The molecule has 0 amide bonds. The van der Waals surface area contributed by atoms with E-state index in [0.29, 0.717) is 34.1 Å². The Balaban J connectivity index is 1.76. The predicted octanol–water partition coefficient (Wildman–Crippen LogP) is 3.46. The van der Waals surface area contributed by atoms with Crippen molar-refractivity contribution < 1.29 is 9.47 Å². The molecule has 0 saturated carbocycles. The maximum Gasteiger partial charge on any atom is 0.293 e. The van der Waals surface area contributed by atoms with Crippen molar-refractivity contribution in [2.75, 3.05) is 19.5 Å². The van der Waals surface area contributed by atoms with E-state index in [1.807, 2.05) is 42.5 Å². The van der Waals surface area contributed by atoms with Gasteiger partial charge in [-0.1, -0.05) is 12.1 Å². The molecule has 158 valence electrons. The van der Waals surface area contributed by atoms with Crippen LogP contribution in [-0.4, -0.2) is 38.8 Å². The van der Waals surface area contributed by atoms with Gasteiger partial charge in [0.2, 0.25) is 5.95 Å². The number of anilines is 2. The van der Waals surface area contributed by atoms with Gasteiger partial charge in [-0.15, -0.1) is 5.10 Å². The van der Waals surface area contributed by atoms with Crippen LogP contribution in [0.2, 0.25) is 0 Å². The molecule has 3 aromatic heterocycles. The highest BCUT2D eigenvalue weighted by Gasteiger charge is 2.18. The van der Waals surface area contributed by atoms with E-state index in [-0.39, 0.29) is 5.69 Å². The van der Waals surface area contributed by atoms with Crippen molar-refractivity contribution in [3.63, 3.8) is 0 Å². The molecular formula is C23H18N6O3. The summed E-state index contributed by atoms with van der Waals surface area (Å²) in [5.74, 6) is 2.19. The maximum absolute atomic E-state index is 12.3. The minimum Gasteiger partial charge on any atom is -0.497 e. The molecule has 0 spiro atoms. The van der Waals surface area contributed by atoms with Crippen molar-refractivity contribution in [2.24, 2.45) is 0 Å². The normalized spacial score (nSPS) is 10.9. The average Bonchev–Trinajstić information content (AvgIpc) is 3.18. The Morgan fingerprint density at radius 3 is 2.53 bits per heavy atom. The van der Waals surface area contributed by atoms with E-state index in [2.05, 4.69) is 20.4 Å². The zero-order valence-corrected chi connectivity index (χ0v) is 17.3. The van der Waals surface area contributed by atoms with Gasteiger partial charge in [0.1, 0.15) is 17.2 Å². The molecule has 0 unspecified atom stereocenters. The Hall–Kier alpha value is -4.53. The van der Waals surface area contributed by atoms with Gasteiger partial charge in [0.15, 0.2) is 11.5 Å². The molecule has 3 heterocycles. The molecule has 0 saturated heterocycles. The Morgan fingerprint density at radius 1 is 0.906 bits per heavy atom. The second-order valence-corrected chi connectivity index (χ2v) is 6.86. The quantitative estimate of drug-likeness (QED) is 0.456. The molecule has 2 aromatic carbocycles. The molecule has 1 N–H and O–H groups in total. The molecule has 0 aliphatic rings. The molecule has 5 rings (SSSR count). The molecule has 0 radical (unpaired) electrons. The lowest BCUT2D eigenvalue weighted by Gasteiger charge is -2.10. The first-order valence-electron chi connectivity index (χ1n) is 9.78. The number of ether oxygens (including phenoxy) is 2. The van der Waals surface area contributed by atoms with Crippen LogP contribution in [0.1, 0.15) is 0 Å². The van der Waals surface area contributed by atoms with Gasteiger partial charge < -0.3 is 14.8 Å². The third-order valence-electron chi connectivity index (χ3n) is 4.96. The predicted molar refractivity (Wildman–Crippen MR) is 121 cm³/mol. The van der Waals surface area contributed by atoms with Crippen LogP contribution >= 0.6 is 0 Å². The first-order chi connectivity index (χ1) is 15.7. The molecule has 0 fully saturated rings. The number of rotatable bonds is 5. The lowest BCUT2D eigenvalue weighted by molar-refractivity contribution is 0.415. The van der Waals surface area contributed by atoms with Crippen molar-refractivity contribution in [2.45, 2.75) is 0 Å². The summed E-state index contributed by atoms with van der Waals surface area (Å²) in [6, 6.07) is 18.0. The Bertz CT molecular complexity index is 1500. The molecule has 0 bridgehead atoms. The van der Waals surface area contributed by atoms with Crippen LogP contribution in [0, 0.1) is 0 Å². The Morgan fingerprint density at radius 2 is 1.75 bits per heavy atom. The van der Waals surface area contributed by atoms with E-state index in [1.165, 1.54) is 6.20 Å². The van der Waals surface area contributed by atoms with Crippen LogP contribution < -0.4 is 20.3 Å². The van der Waals surface area contributed by atoms with Crippen LogP contribution in [0.3, 0.4) is 0 Å². The largest absolute Gasteiger partial charge is 0.497 e. The average molecular weight is 426 g/mol. The van der Waals surface area contributed by atoms with Gasteiger partial charge >= 0.3 is 0 Å². The molecule has 0 aliphatic heterocycles. The summed E-state index contributed by atoms with van der Waals surface area (Å²) in [5, 5.41) is 8.44. The van der Waals surface area contributed by atoms with Gasteiger partial charge in [-0.05, 0) is 48.5 Å².